The van der Waals surface area contributed by atoms with E-state index in [2.05, 4.69) is 13.8 Å². The Hall–Kier alpha value is -1.67. The van der Waals surface area contributed by atoms with Gasteiger partial charge in [0.1, 0.15) is 17.4 Å². The summed E-state index contributed by atoms with van der Waals surface area (Å²) in [5, 5.41) is 13.3. The topological polar surface area (TPSA) is 71.9 Å². The van der Waals surface area contributed by atoms with Crippen LogP contribution in [0.25, 0.3) is 0 Å². The molecular formula is C27H35ClN2O4S. The van der Waals surface area contributed by atoms with E-state index in [0.717, 1.165) is 35.7 Å². The molecule has 1 amide bonds. The quantitative estimate of drug-likeness (QED) is 0.608. The molecule has 0 bridgehead atoms. The Morgan fingerprint density at radius 3 is 2.91 bits per heavy atom. The lowest BCUT2D eigenvalue weighted by Gasteiger charge is -2.53. The highest BCUT2D eigenvalue weighted by Gasteiger charge is 2.54. The van der Waals surface area contributed by atoms with Crippen LogP contribution in [0.15, 0.2) is 24.3 Å². The molecule has 1 aromatic carbocycles. The summed E-state index contributed by atoms with van der Waals surface area (Å²) in [6.45, 7) is 9.40. The molecule has 1 aromatic heterocycles. The average Bonchev–Trinajstić information content (AvgIpc) is 3.25. The van der Waals surface area contributed by atoms with Crippen LogP contribution in [0.1, 0.15) is 55.1 Å². The molecule has 8 heteroatoms. The van der Waals surface area contributed by atoms with Crippen LogP contribution in [-0.2, 0) is 22.6 Å². The Kier molecular flexibility index (Phi) is 7.14. The SMILES string of the molecule is C[C@H](C(=O)N1CCOCC1)[C@@H]1CC[C@]2(C)Cc3sc(COc4cccc(Cl)c4)nc3[C@H](C)[C@@H]2[C@H]1O. The zero-order valence-corrected chi connectivity index (χ0v) is 22.3. The molecule has 2 aliphatic carbocycles. The predicted molar refractivity (Wildman–Crippen MR) is 137 cm³/mol. The largest absolute Gasteiger partial charge is 0.486 e. The van der Waals surface area contributed by atoms with E-state index in [0.29, 0.717) is 37.9 Å². The van der Waals surface area contributed by atoms with Crippen LogP contribution in [0.5, 0.6) is 5.75 Å². The van der Waals surface area contributed by atoms with Gasteiger partial charge in [-0.25, -0.2) is 4.98 Å². The molecule has 0 radical (unpaired) electrons. The molecule has 1 N–H and O–H groups in total. The first-order valence-electron chi connectivity index (χ1n) is 12.7. The first-order chi connectivity index (χ1) is 16.8. The van der Waals surface area contributed by atoms with E-state index in [9.17, 15) is 9.90 Å². The Morgan fingerprint density at radius 1 is 1.40 bits per heavy atom. The summed E-state index contributed by atoms with van der Waals surface area (Å²) in [4.78, 5) is 21.4. The maximum atomic E-state index is 13.2. The van der Waals surface area contributed by atoms with Gasteiger partial charge in [0.15, 0.2) is 0 Å². The second kappa shape index (κ2) is 10.0. The number of hydrogen-bond donors (Lipinski definition) is 1. The van der Waals surface area contributed by atoms with Gasteiger partial charge in [0.2, 0.25) is 5.91 Å². The lowest BCUT2D eigenvalue weighted by molar-refractivity contribution is -0.148. The monoisotopic (exact) mass is 518 g/mol. The second-order valence-electron chi connectivity index (χ2n) is 10.7. The van der Waals surface area contributed by atoms with E-state index in [1.807, 2.05) is 36.1 Å². The van der Waals surface area contributed by atoms with Crippen molar-refractivity contribution in [3.63, 3.8) is 0 Å². The Bertz CT molecular complexity index is 1070. The molecule has 1 aliphatic heterocycles. The summed E-state index contributed by atoms with van der Waals surface area (Å²) in [6, 6.07) is 7.41. The van der Waals surface area contributed by atoms with Gasteiger partial charge in [-0.15, -0.1) is 11.3 Å². The Labute approximate surface area is 216 Å². The van der Waals surface area contributed by atoms with E-state index in [1.54, 1.807) is 11.3 Å². The van der Waals surface area contributed by atoms with Crippen molar-refractivity contribution in [3.05, 3.63) is 44.9 Å². The molecule has 190 valence electrons. The summed E-state index contributed by atoms with van der Waals surface area (Å²) < 4.78 is 11.4. The van der Waals surface area contributed by atoms with Crippen LogP contribution in [0.4, 0.5) is 0 Å². The molecule has 0 unspecified atom stereocenters. The maximum absolute atomic E-state index is 13.2. The Morgan fingerprint density at radius 2 is 2.17 bits per heavy atom. The van der Waals surface area contributed by atoms with Gasteiger partial charge in [-0.2, -0.15) is 0 Å². The van der Waals surface area contributed by atoms with Gasteiger partial charge in [-0.3, -0.25) is 4.79 Å². The van der Waals surface area contributed by atoms with Gasteiger partial charge in [-0.05, 0) is 54.7 Å². The molecule has 3 aliphatic rings. The molecule has 6 atom stereocenters. The molecule has 1 saturated carbocycles. The fourth-order valence-corrected chi connectivity index (χ4v) is 8.08. The number of ether oxygens (including phenoxy) is 2. The number of hydrogen-bond acceptors (Lipinski definition) is 6. The van der Waals surface area contributed by atoms with Gasteiger partial charge in [-0.1, -0.05) is 38.4 Å². The van der Waals surface area contributed by atoms with Crippen molar-refractivity contribution >= 4 is 28.8 Å². The van der Waals surface area contributed by atoms with Crippen LogP contribution in [-0.4, -0.2) is 53.3 Å². The standard InChI is InChI=1S/C27H35ClN2O4S/c1-16(26(32)30-9-11-33-12-10-30)20-7-8-27(3)14-21-24(17(2)23(27)25(20)31)29-22(35-21)15-34-19-6-4-5-18(28)13-19/h4-6,13,16-17,20,23,25,31H,7-12,14-15H2,1-3H3/t16-,17+,20-,23+,25-,27+/m0/s1. The number of aromatic nitrogens is 1. The number of thiazole rings is 1. The first kappa shape index (κ1) is 25.0. The van der Waals surface area contributed by atoms with Gasteiger partial charge < -0.3 is 19.5 Å². The number of aliphatic hydroxyl groups is 1. The number of nitrogens with zero attached hydrogens (tertiary/aromatic N) is 2. The number of carbonyl (C=O) groups is 1. The molecule has 2 fully saturated rings. The highest BCUT2D eigenvalue weighted by Crippen LogP contribution is 2.57. The van der Waals surface area contributed by atoms with E-state index in [-0.39, 0.29) is 35.0 Å². The minimum atomic E-state index is -0.523. The van der Waals surface area contributed by atoms with E-state index in [4.69, 9.17) is 26.1 Å². The fraction of sp³-hybridized carbons (Fsp3) is 0.630. The molecule has 0 spiro atoms. The summed E-state index contributed by atoms with van der Waals surface area (Å²) in [7, 11) is 0. The number of carbonyl (C=O) groups excluding carboxylic acids is 1. The minimum Gasteiger partial charge on any atom is -0.486 e. The smallest absolute Gasteiger partial charge is 0.225 e. The number of morpholine rings is 1. The van der Waals surface area contributed by atoms with Crippen LogP contribution in [0.3, 0.4) is 0 Å². The second-order valence-corrected chi connectivity index (χ2v) is 12.3. The van der Waals surface area contributed by atoms with Crippen molar-refractivity contribution in [2.45, 2.75) is 58.7 Å². The lowest BCUT2D eigenvalue weighted by atomic mass is 9.53. The van der Waals surface area contributed by atoms with Crippen LogP contribution >= 0.6 is 22.9 Å². The normalized spacial score (nSPS) is 31.4. The number of benzene rings is 1. The molecule has 2 aromatic rings. The highest BCUT2D eigenvalue weighted by atomic mass is 35.5. The average molecular weight is 519 g/mol. The third-order valence-electron chi connectivity index (χ3n) is 8.48. The molecule has 6 nitrogen and oxygen atoms in total. The number of rotatable bonds is 5. The number of halogens is 1. The molecule has 1 saturated heterocycles. The zero-order chi connectivity index (χ0) is 24.7. The van der Waals surface area contributed by atoms with Crippen molar-refractivity contribution in [2.75, 3.05) is 26.3 Å². The van der Waals surface area contributed by atoms with Crippen LogP contribution < -0.4 is 4.74 Å². The van der Waals surface area contributed by atoms with Crippen LogP contribution in [0.2, 0.25) is 5.02 Å². The van der Waals surface area contributed by atoms with E-state index >= 15 is 0 Å². The van der Waals surface area contributed by atoms with Crippen molar-refractivity contribution in [1.29, 1.82) is 0 Å². The van der Waals surface area contributed by atoms with Crippen molar-refractivity contribution in [2.24, 2.45) is 23.2 Å². The van der Waals surface area contributed by atoms with Gasteiger partial charge in [0, 0.05) is 34.8 Å². The molecule has 2 heterocycles. The number of amides is 1. The highest BCUT2D eigenvalue weighted by molar-refractivity contribution is 7.11. The molecule has 5 rings (SSSR count). The predicted octanol–water partition coefficient (Wildman–Crippen LogP) is 4.92. The van der Waals surface area contributed by atoms with Crippen molar-refractivity contribution in [1.82, 2.24) is 9.88 Å². The van der Waals surface area contributed by atoms with Gasteiger partial charge in [0.05, 0.1) is 25.0 Å². The summed E-state index contributed by atoms with van der Waals surface area (Å²) in [6.07, 6.45) is 2.28. The summed E-state index contributed by atoms with van der Waals surface area (Å²) in [5.74, 6) is 0.867. The van der Waals surface area contributed by atoms with E-state index in [1.165, 1.54) is 4.88 Å². The van der Waals surface area contributed by atoms with E-state index < -0.39 is 6.10 Å². The molecular weight excluding hydrogens is 484 g/mol. The number of fused-ring (bicyclic) bond motifs is 2. The zero-order valence-electron chi connectivity index (χ0n) is 20.7. The Balaban J connectivity index is 1.31. The van der Waals surface area contributed by atoms with Gasteiger partial charge in [0.25, 0.3) is 0 Å². The maximum Gasteiger partial charge on any atom is 0.225 e. The summed E-state index contributed by atoms with van der Waals surface area (Å²) >= 11 is 7.80. The third kappa shape index (κ3) is 4.85. The van der Waals surface area contributed by atoms with Crippen molar-refractivity contribution < 1.29 is 19.4 Å². The molecule has 35 heavy (non-hydrogen) atoms. The number of aliphatic hydroxyl groups excluding tert-OH is 1. The third-order valence-corrected chi connectivity index (χ3v) is 9.76. The first-order valence-corrected chi connectivity index (χ1v) is 13.9. The van der Waals surface area contributed by atoms with Crippen LogP contribution in [0, 0.1) is 23.2 Å². The minimum absolute atomic E-state index is 0.00167. The summed E-state index contributed by atoms with van der Waals surface area (Å²) in [5.41, 5.74) is 1.09. The lowest BCUT2D eigenvalue weighted by Crippen LogP contribution is -2.54. The van der Waals surface area contributed by atoms with Gasteiger partial charge >= 0.3 is 0 Å². The van der Waals surface area contributed by atoms with Crippen molar-refractivity contribution in [3.8, 4) is 5.75 Å². The fourth-order valence-electron chi connectivity index (χ4n) is 6.62.